The molecule has 2 atom stereocenters. The summed E-state index contributed by atoms with van der Waals surface area (Å²) in [5.41, 5.74) is 0. The van der Waals surface area contributed by atoms with E-state index >= 15 is 0 Å². The number of hydrogen-bond acceptors (Lipinski definition) is 4. The predicted octanol–water partition coefficient (Wildman–Crippen LogP) is 3.26. The summed E-state index contributed by atoms with van der Waals surface area (Å²) in [6.45, 7) is 7.68. The third-order valence-corrected chi connectivity index (χ3v) is 5.40. The first-order chi connectivity index (χ1) is 9.69. The molecule has 1 N–H and O–H groups in total. The molecule has 0 bridgehead atoms. The highest BCUT2D eigenvalue weighted by Gasteiger charge is 2.22. The molecule has 0 fully saturated rings. The lowest BCUT2D eigenvalue weighted by Crippen LogP contribution is -2.24. The second kappa shape index (κ2) is 5.66. The Balaban J connectivity index is 1.70. The van der Waals surface area contributed by atoms with Gasteiger partial charge in [0.05, 0.1) is 6.04 Å². The molecule has 3 heterocycles. The van der Waals surface area contributed by atoms with Crippen LogP contribution in [0.1, 0.15) is 60.7 Å². The summed E-state index contributed by atoms with van der Waals surface area (Å²) in [7, 11) is 0. The van der Waals surface area contributed by atoms with Crippen molar-refractivity contribution in [2.45, 2.75) is 58.7 Å². The van der Waals surface area contributed by atoms with Crippen LogP contribution in [0.4, 0.5) is 0 Å². The number of aromatic nitrogens is 3. The highest BCUT2D eigenvalue weighted by Crippen LogP contribution is 2.26. The van der Waals surface area contributed by atoms with Crippen LogP contribution in [-0.4, -0.2) is 14.8 Å². The zero-order valence-electron chi connectivity index (χ0n) is 12.4. The first-order valence-corrected chi connectivity index (χ1v) is 8.27. The van der Waals surface area contributed by atoms with Crippen molar-refractivity contribution in [2.75, 3.05) is 0 Å². The van der Waals surface area contributed by atoms with Crippen LogP contribution >= 0.6 is 11.3 Å². The van der Waals surface area contributed by atoms with Crippen molar-refractivity contribution in [2.24, 2.45) is 0 Å². The van der Waals surface area contributed by atoms with Crippen molar-refractivity contribution < 1.29 is 0 Å². The maximum Gasteiger partial charge on any atom is 0.149 e. The van der Waals surface area contributed by atoms with Crippen molar-refractivity contribution in [3.05, 3.63) is 33.5 Å². The van der Waals surface area contributed by atoms with E-state index < -0.39 is 0 Å². The Kier molecular flexibility index (Phi) is 3.89. The maximum atomic E-state index is 4.36. The average molecular weight is 290 g/mol. The average Bonchev–Trinajstić information content (AvgIpc) is 3.14. The van der Waals surface area contributed by atoms with Gasteiger partial charge in [-0.15, -0.1) is 21.5 Å². The van der Waals surface area contributed by atoms with Crippen LogP contribution in [0.5, 0.6) is 0 Å². The SMILES string of the molecule is CCc1ccc(C(C)NC(C)c2nnc3n2CCC3)s1. The highest BCUT2D eigenvalue weighted by molar-refractivity contribution is 7.12. The molecule has 0 amide bonds. The summed E-state index contributed by atoms with van der Waals surface area (Å²) < 4.78 is 2.27. The van der Waals surface area contributed by atoms with Gasteiger partial charge in [0.1, 0.15) is 11.6 Å². The third kappa shape index (κ3) is 2.52. The van der Waals surface area contributed by atoms with E-state index in [2.05, 4.69) is 53.0 Å². The molecule has 20 heavy (non-hydrogen) atoms. The normalized spacial score (nSPS) is 17.1. The van der Waals surface area contributed by atoms with E-state index in [1.165, 1.54) is 16.2 Å². The molecule has 0 saturated carbocycles. The maximum absolute atomic E-state index is 4.36. The number of hydrogen-bond donors (Lipinski definition) is 1. The minimum absolute atomic E-state index is 0.233. The molecule has 0 saturated heterocycles. The summed E-state index contributed by atoms with van der Waals surface area (Å²) in [6.07, 6.45) is 3.38. The minimum atomic E-state index is 0.233. The molecule has 2 aromatic rings. The van der Waals surface area contributed by atoms with Gasteiger partial charge in [-0.3, -0.25) is 0 Å². The Morgan fingerprint density at radius 3 is 2.90 bits per heavy atom. The topological polar surface area (TPSA) is 42.7 Å². The molecule has 4 nitrogen and oxygen atoms in total. The van der Waals surface area contributed by atoms with E-state index in [4.69, 9.17) is 0 Å². The molecule has 3 rings (SSSR count). The van der Waals surface area contributed by atoms with Crippen LogP contribution in [0.15, 0.2) is 12.1 Å². The fourth-order valence-electron chi connectivity index (χ4n) is 2.84. The van der Waals surface area contributed by atoms with Crippen molar-refractivity contribution in [3.8, 4) is 0 Å². The number of nitrogens with one attached hydrogen (secondary N) is 1. The number of rotatable bonds is 5. The number of nitrogens with zero attached hydrogens (tertiary/aromatic N) is 3. The lowest BCUT2D eigenvalue weighted by Gasteiger charge is -2.18. The molecular formula is C15H22N4S. The van der Waals surface area contributed by atoms with Gasteiger partial charge in [-0.25, -0.2) is 0 Å². The molecule has 0 aliphatic carbocycles. The fraction of sp³-hybridized carbons (Fsp3) is 0.600. The van der Waals surface area contributed by atoms with E-state index in [0.717, 1.165) is 31.0 Å². The number of fused-ring (bicyclic) bond motifs is 1. The van der Waals surface area contributed by atoms with Gasteiger partial charge in [-0.05, 0) is 38.8 Å². The van der Waals surface area contributed by atoms with Gasteiger partial charge in [0.25, 0.3) is 0 Å². The Hall–Kier alpha value is -1.20. The van der Waals surface area contributed by atoms with Crippen LogP contribution < -0.4 is 5.32 Å². The summed E-state index contributed by atoms with van der Waals surface area (Å²) in [5.74, 6) is 2.22. The predicted molar refractivity (Wildman–Crippen MR) is 82.0 cm³/mol. The first kappa shape index (κ1) is 13.8. The standard InChI is InChI=1S/C15H22N4S/c1-4-12-7-8-13(20-12)10(2)16-11(3)15-18-17-14-6-5-9-19(14)15/h7-8,10-11,16H,4-6,9H2,1-3H3. The van der Waals surface area contributed by atoms with E-state index in [9.17, 15) is 0 Å². The Labute approximate surface area is 124 Å². The van der Waals surface area contributed by atoms with Gasteiger partial charge in [-0.1, -0.05) is 6.92 Å². The first-order valence-electron chi connectivity index (χ1n) is 7.45. The Morgan fingerprint density at radius 2 is 2.15 bits per heavy atom. The molecule has 0 radical (unpaired) electrons. The van der Waals surface area contributed by atoms with Gasteiger partial charge in [0, 0.05) is 28.8 Å². The third-order valence-electron chi connectivity index (χ3n) is 3.98. The van der Waals surface area contributed by atoms with E-state index in [1.54, 1.807) is 0 Å². The molecule has 0 aromatic carbocycles. The highest BCUT2D eigenvalue weighted by atomic mass is 32.1. The molecule has 0 spiro atoms. The Morgan fingerprint density at radius 1 is 1.30 bits per heavy atom. The minimum Gasteiger partial charge on any atom is -0.314 e. The lowest BCUT2D eigenvalue weighted by molar-refractivity contribution is 0.463. The number of thiophene rings is 1. The summed E-state index contributed by atoms with van der Waals surface area (Å²) in [6, 6.07) is 5.06. The van der Waals surface area contributed by atoms with E-state index in [0.29, 0.717) is 6.04 Å². The van der Waals surface area contributed by atoms with Crippen molar-refractivity contribution >= 4 is 11.3 Å². The molecule has 108 valence electrons. The lowest BCUT2D eigenvalue weighted by atomic mass is 10.2. The summed E-state index contributed by atoms with van der Waals surface area (Å²) in [5, 5.41) is 12.3. The summed E-state index contributed by atoms with van der Waals surface area (Å²) >= 11 is 1.90. The number of aryl methyl sites for hydroxylation is 2. The molecule has 1 aliphatic rings. The quantitative estimate of drug-likeness (QED) is 0.919. The van der Waals surface area contributed by atoms with E-state index in [1.807, 2.05) is 11.3 Å². The smallest absolute Gasteiger partial charge is 0.149 e. The van der Waals surface area contributed by atoms with Crippen LogP contribution in [0.25, 0.3) is 0 Å². The molecule has 1 aliphatic heterocycles. The zero-order valence-corrected chi connectivity index (χ0v) is 13.2. The molecule has 5 heteroatoms. The van der Waals surface area contributed by atoms with Crippen LogP contribution in [0.3, 0.4) is 0 Å². The molecule has 2 aromatic heterocycles. The van der Waals surface area contributed by atoms with Crippen molar-refractivity contribution in [1.29, 1.82) is 0 Å². The second-order valence-corrected chi connectivity index (χ2v) is 6.70. The van der Waals surface area contributed by atoms with Gasteiger partial charge in [0.15, 0.2) is 0 Å². The Bertz CT molecular complexity index is 586. The van der Waals surface area contributed by atoms with Crippen LogP contribution in [-0.2, 0) is 19.4 Å². The second-order valence-electron chi connectivity index (χ2n) is 5.50. The van der Waals surface area contributed by atoms with Gasteiger partial charge < -0.3 is 9.88 Å². The molecule has 2 unspecified atom stereocenters. The fourth-order valence-corrected chi connectivity index (χ4v) is 3.81. The summed E-state index contributed by atoms with van der Waals surface area (Å²) in [4.78, 5) is 2.85. The van der Waals surface area contributed by atoms with Crippen LogP contribution in [0.2, 0.25) is 0 Å². The van der Waals surface area contributed by atoms with Gasteiger partial charge in [-0.2, -0.15) is 0 Å². The zero-order chi connectivity index (χ0) is 14.1. The monoisotopic (exact) mass is 290 g/mol. The molecular weight excluding hydrogens is 268 g/mol. The van der Waals surface area contributed by atoms with Crippen molar-refractivity contribution in [1.82, 2.24) is 20.1 Å². The van der Waals surface area contributed by atoms with Gasteiger partial charge >= 0.3 is 0 Å². The largest absolute Gasteiger partial charge is 0.314 e. The van der Waals surface area contributed by atoms with E-state index in [-0.39, 0.29) is 6.04 Å². The van der Waals surface area contributed by atoms with Gasteiger partial charge in [0.2, 0.25) is 0 Å². The van der Waals surface area contributed by atoms with Crippen LogP contribution in [0, 0.1) is 0 Å². The van der Waals surface area contributed by atoms with Crippen molar-refractivity contribution in [3.63, 3.8) is 0 Å².